The lowest BCUT2D eigenvalue weighted by atomic mass is 9.98. The molecule has 1 aliphatic carbocycles. The zero-order valence-electron chi connectivity index (χ0n) is 20.0. The van der Waals surface area contributed by atoms with Crippen molar-refractivity contribution < 1.29 is 27.2 Å². The van der Waals surface area contributed by atoms with E-state index in [1.165, 1.54) is 23.9 Å². The number of carbonyl (C=O) groups excluding carboxylic acids is 1. The largest absolute Gasteiger partial charge is 0.393 e. The second kappa shape index (κ2) is 10.5. The maximum atomic E-state index is 13.6. The lowest BCUT2D eigenvalue weighted by Crippen LogP contribution is -2.24. The molecule has 0 saturated heterocycles. The number of rotatable bonds is 8. The van der Waals surface area contributed by atoms with E-state index in [1.807, 2.05) is 19.1 Å². The highest BCUT2D eigenvalue weighted by molar-refractivity contribution is 7.84. The number of nitrogens with two attached hydrogens (primary N) is 1. The van der Waals surface area contributed by atoms with Crippen LogP contribution in [0.3, 0.4) is 0 Å². The molecule has 4 N–H and O–H groups in total. The molecule has 4 atom stereocenters. The molecule has 0 bridgehead atoms. The highest BCUT2D eigenvalue weighted by Crippen LogP contribution is 2.37. The van der Waals surface area contributed by atoms with Crippen LogP contribution in [0.25, 0.3) is 0 Å². The molecule has 2 aliphatic rings. The molecule has 1 aliphatic heterocycles. The van der Waals surface area contributed by atoms with Crippen molar-refractivity contribution in [1.82, 2.24) is 15.0 Å². The third-order valence-electron chi connectivity index (χ3n) is 6.69. The Labute approximate surface area is 218 Å². The van der Waals surface area contributed by atoms with Crippen LogP contribution in [-0.2, 0) is 25.6 Å². The molecule has 196 valence electrons. The van der Waals surface area contributed by atoms with Crippen molar-refractivity contribution in [2.75, 3.05) is 18.5 Å². The zero-order valence-corrected chi connectivity index (χ0v) is 21.7. The molecule has 1 fully saturated rings. The van der Waals surface area contributed by atoms with Crippen molar-refractivity contribution in [1.29, 1.82) is 0 Å². The van der Waals surface area contributed by atoms with Gasteiger partial charge in [-0.15, -0.1) is 11.3 Å². The van der Waals surface area contributed by atoms with Crippen LogP contribution in [0.5, 0.6) is 0 Å². The minimum absolute atomic E-state index is 0.216. The van der Waals surface area contributed by atoms with Crippen molar-refractivity contribution in [3.63, 3.8) is 0 Å². The normalized spacial score (nSPS) is 23.5. The number of aryl methyl sites for hydroxylation is 1. The number of ether oxygens (including phenoxy) is 1. The topological polar surface area (TPSA) is 167 Å². The van der Waals surface area contributed by atoms with E-state index in [-0.39, 0.29) is 24.5 Å². The molecule has 5 rings (SSSR count). The van der Waals surface area contributed by atoms with E-state index in [1.54, 1.807) is 6.20 Å². The van der Waals surface area contributed by atoms with Crippen LogP contribution in [0, 0.1) is 12.8 Å². The molecule has 0 unspecified atom stereocenters. The van der Waals surface area contributed by atoms with E-state index in [0.717, 1.165) is 28.1 Å². The molecule has 3 aromatic heterocycles. The number of thiophene rings is 1. The average molecular weight is 546 g/mol. The zero-order chi connectivity index (χ0) is 26.2. The first kappa shape index (κ1) is 25.8. The van der Waals surface area contributed by atoms with E-state index in [2.05, 4.69) is 30.5 Å². The van der Waals surface area contributed by atoms with Crippen LogP contribution < -0.4 is 10.5 Å². The number of aromatic nitrogens is 3. The molecule has 11 nitrogen and oxygen atoms in total. The standard InChI is InChI=1S/C24H27N5O6S2/c1-13-17(23-21-14(4-6-34-23)3-2-5-27-21)9-20(36-13)22(31)18-10-26-12-28-24(18)29-16-7-15(19(30)8-16)11-35-37(25,32)33/h2-3,5,9-10,12,15-16,19,23,30H,4,6-8,11H2,1H3,(H2,25,32,33)(H,26,28,29)/t15-,16-,19+,23-/m1/s1. The smallest absolute Gasteiger partial charge is 0.333 e. The molecule has 0 spiro atoms. The summed E-state index contributed by atoms with van der Waals surface area (Å²) in [7, 11) is -4.09. The molecule has 0 radical (unpaired) electrons. The number of nitrogens with zero attached hydrogens (tertiary/aromatic N) is 3. The molecular weight excluding hydrogens is 518 g/mol. The number of aliphatic hydroxyl groups is 1. The summed E-state index contributed by atoms with van der Waals surface area (Å²) in [5.41, 5.74) is 3.24. The first-order valence-electron chi connectivity index (χ1n) is 11.8. The quantitative estimate of drug-likeness (QED) is 0.356. The summed E-state index contributed by atoms with van der Waals surface area (Å²) in [6.45, 7) is 2.33. The van der Waals surface area contributed by atoms with Gasteiger partial charge >= 0.3 is 10.3 Å². The highest BCUT2D eigenvalue weighted by atomic mass is 32.2. The van der Waals surface area contributed by atoms with Crippen LogP contribution in [0.15, 0.2) is 36.9 Å². The Balaban J connectivity index is 1.34. The maximum absolute atomic E-state index is 13.6. The Morgan fingerprint density at radius 3 is 3.00 bits per heavy atom. The SMILES string of the molecule is Cc1sc(C(=O)c2cncnc2N[C@@H]2C[C@H](COS(N)(=O)=O)[C@@H](O)C2)cc1[C@H]1OCCc2cccnc21. The first-order chi connectivity index (χ1) is 17.7. The van der Waals surface area contributed by atoms with Gasteiger partial charge in [-0.1, -0.05) is 6.07 Å². The third-order valence-corrected chi connectivity index (χ3v) is 8.22. The fraction of sp³-hybridized carbons (Fsp3) is 0.417. The third kappa shape index (κ3) is 5.71. The molecule has 1 saturated carbocycles. The number of nitrogens with one attached hydrogen (secondary N) is 1. The maximum Gasteiger partial charge on any atom is 0.333 e. The Bertz CT molecular complexity index is 1410. The van der Waals surface area contributed by atoms with Gasteiger partial charge in [0.15, 0.2) is 0 Å². The summed E-state index contributed by atoms with van der Waals surface area (Å²) in [4.78, 5) is 27.9. The van der Waals surface area contributed by atoms with Crippen molar-refractivity contribution in [3.8, 4) is 0 Å². The number of hydrogen-bond acceptors (Lipinski definition) is 11. The number of aliphatic hydroxyl groups excluding tert-OH is 1. The highest BCUT2D eigenvalue weighted by Gasteiger charge is 2.35. The minimum atomic E-state index is -4.09. The monoisotopic (exact) mass is 545 g/mol. The van der Waals surface area contributed by atoms with Gasteiger partial charge in [-0.25, -0.2) is 15.1 Å². The van der Waals surface area contributed by atoms with E-state index in [9.17, 15) is 18.3 Å². The number of hydrogen-bond donors (Lipinski definition) is 3. The summed E-state index contributed by atoms with van der Waals surface area (Å²) in [5.74, 6) is -0.308. The fourth-order valence-corrected chi connectivity index (χ4v) is 6.25. The van der Waals surface area contributed by atoms with Gasteiger partial charge in [-0.2, -0.15) is 8.42 Å². The number of ketones is 1. The van der Waals surface area contributed by atoms with Crippen LogP contribution in [0.4, 0.5) is 5.82 Å². The summed E-state index contributed by atoms with van der Waals surface area (Å²) >= 11 is 1.38. The van der Waals surface area contributed by atoms with E-state index in [0.29, 0.717) is 35.7 Å². The Kier molecular flexibility index (Phi) is 7.34. The molecule has 13 heteroatoms. The van der Waals surface area contributed by atoms with Crippen molar-refractivity contribution in [2.45, 2.75) is 44.4 Å². The summed E-state index contributed by atoms with van der Waals surface area (Å²) < 4.78 is 32.9. The Hall–Kier alpha value is -2.81. The van der Waals surface area contributed by atoms with Gasteiger partial charge in [0.2, 0.25) is 5.78 Å². The van der Waals surface area contributed by atoms with Crippen molar-refractivity contribution in [2.24, 2.45) is 11.1 Å². The number of anilines is 1. The number of carbonyl (C=O) groups is 1. The van der Waals surface area contributed by atoms with Gasteiger partial charge in [0.25, 0.3) is 0 Å². The molecular formula is C24H27N5O6S2. The molecule has 3 aromatic rings. The number of fused-ring (bicyclic) bond motifs is 1. The summed E-state index contributed by atoms with van der Waals surface area (Å²) in [6, 6.07) is 5.58. The second-order valence-corrected chi connectivity index (χ2v) is 11.7. The number of pyridine rings is 1. The Morgan fingerprint density at radius 2 is 2.19 bits per heavy atom. The molecule has 0 amide bonds. The molecule has 0 aromatic carbocycles. The van der Waals surface area contributed by atoms with E-state index >= 15 is 0 Å². The lowest BCUT2D eigenvalue weighted by Gasteiger charge is -2.25. The molecule has 4 heterocycles. The first-order valence-corrected chi connectivity index (χ1v) is 14.1. The molecule has 37 heavy (non-hydrogen) atoms. The van der Waals surface area contributed by atoms with Gasteiger partial charge in [-0.3, -0.25) is 14.0 Å². The predicted octanol–water partition coefficient (Wildman–Crippen LogP) is 1.91. The van der Waals surface area contributed by atoms with E-state index in [4.69, 9.17) is 9.88 Å². The Morgan fingerprint density at radius 1 is 1.35 bits per heavy atom. The fourth-order valence-electron chi connectivity index (χ4n) is 4.89. The van der Waals surface area contributed by atoms with Crippen molar-refractivity contribution >= 4 is 33.2 Å². The second-order valence-electron chi connectivity index (χ2n) is 9.20. The van der Waals surface area contributed by atoms with Crippen LogP contribution in [0.2, 0.25) is 0 Å². The lowest BCUT2D eigenvalue weighted by molar-refractivity contribution is 0.0663. The van der Waals surface area contributed by atoms with Crippen LogP contribution in [-0.4, -0.2) is 59.6 Å². The minimum Gasteiger partial charge on any atom is -0.393 e. The summed E-state index contributed by atoms with van der Waals surface area (Å²) in [5, 5.41) is 18.5. The van der Waals surface area contributed by atoms with E-state index < -0.39 is 22.3 Å². The van der Waals surface area contributed by atoms with Gasteiger partial charge in [0.1, 0.15) is 18.2 Å². The van der Waals surface area contributed by atoms with Gasteiger partial charge in [-0.05, 0) is 43.9 Å². The summed E-state index contributed by atoms with van der Waals surface area (Å²) in [6.07, 6.45) is 5.00. The average Bonchev–Trinajstić information content (AvgIpc) is 3.43. The van der Waals surface area contributed by atoms with Gasteiger partial charge < -0.3 is 15.2 Å². The predicted molar refractivity (Wildman–Crippen MR) is 135 cm³/mol. The van der Waals surface area contributed by atoms with Crippen LogP contribution >= 0.6 is 11.3 Å². The van der Waals surface area contributed by atoms with Crippen LogP contribution in [0.1, 0.15) is 55.9 Å². The van der Waals surface area contributed by atoms with Gasteiger partial charge in [0, 0.05) is 34.8 Å². The van der Waals surface area contributed by atoms with Gasteiger partial charge in [0.05, 0.1) is 35.5 Å². The van der Waals surface area contributed by atoms with Crippen molar-refractivity contribution in [3.05, 3.63) is 69.1 Å².